The van der Waals surface area contributed by atoms with Crippen LogP contribution in [0.15, 0.2) is 0 Å². The zero-order chi connectivity index (χ0) is 6.24. The Morgan fingerprint density at radius 3 is 2.62 bits per heavy atom. The number of hydrogen-bond donors (Lipinski definition) is 0. The average Bonchev–Trinajstić information content (AvgIpc) is 1.81. The van der Waals surface area contributed by atoms with Crippen LogP contribution in [0, 0.1) is 0 Å². The van der Waals surface area contributed by atoms with Gasteiger partial charge in [0.15, 0.2) is 0 Å². The molecule has 0 fully saturated rings. The zero-order valence-corrected chi connectivity index (χ0v) is 6.76. The first-order valence-electron chi connectivity index (χ1n) is 3.49. The lowest BCUT2D eigenvalue weighted by molar-refractivity contribution is 1.07. The van der Waals surface area contributed by atoms with Crippen LogP contribution >= 0.6 is 11.8 Å². The summed E-state index contributed by atoms with van der Waals surface area (Å²) in [5, 5.41) is 0. The molecule has 0 aliphatic carbocycles. The summed E-state index contributed by atoms with van der Waals surface area (Å²) >= 11 is 2.08. The standard InChI is InChI=1S/C6H15BS/c1-2-5-8-6-3-4-7/h2-7H2,1H3. The second kappa shape index (κ2) is 7.41. The molecule has 8 heavy (non-hydrogen) atoms. The Morgan fingerprint density at radius 1 is 1.38 bits per heavy atom. The Kier molecular flexibility index (Phi) is 7.80. The van der Waals surface area contributed by atoms with Gasteiger partial charge in [-0.1, -0.05) is 19.7 Å². The van der Waals surface area contributed by atoms with Crippen molar-refractivity contribution in [3.63, 3.8) is 0 Å². The first kappa shape index (κ1) is 8.41. The number of thioether (sulfide) groups is 1. The molecule has 0 nitrogen and oxygen atoms in total. The predicted octanol–water partition coefficient (Wildman–Crippen LogP) is 1.57. The van der Waals surface area contributed by atoms with E-state index in [0.717, 1.165) is 0 Å². The van der Waals surface area contributed by atoms with Crippen LogP contribution in [0.4, 0.5) is 0 Å². The average molecular weight is 130 g/mol. The molecule has 0 rings (SSSR count). The molecule has 0 unspecified atom stereocenters. The van der Waals surface area contributed by atoms with E-state index in [9.17, 15) is 0 Å². The predicted molar refractivity (Wildman–Crippen MR) is 45.6 cm³/mol. The maximum Gasteiger partial charge on any atom is 0.101 e. The summed E-state index contributed by atoms with van der Waals surface area (Å²) in [6.45, 7) is 2.24. The SMILES string of the molecule is BCCCSCCC. The smallest absolute Gasteiger partial charge is 0.101 e. The molecule has 2 heteroatoms. The molecular weight excluding hydrogens is 115 g/mol. The lowest BCUT2D eigenvalue weighted by Gasteiger charge is -1.94. The highest BCUT2D eigenvalue weighted by Gasteiger charge is 1.83. The van der Waals surface area contributed by atoms with Crippen LogP contribution in [0.1, 0.15) is 19.8 Å². The second-order valence-electron chi connectivity index (χ2n) is 1.97. The topological polar surface area (TPSA) is 0 Å². The Hall–Kier alpha value is 0.415. The molecule has 0 heterocycles. The Labute approximate surface area is 57.8 Å². The number of hydrogen-bond acceptors (Lipinski definition) is 1. The van der Waals surface area contributed by atoms with E-state index >= 15 is 0 Å². The third-order valence-corrected chi connectivity index (χ3v) is 2.26. The molecule has 48 valence electrons. The van der Waals surface area contributed by atoms with Crippen molar-refractivity contribution in [1.82, 2.24) is 0 Å². The van der Waals surface area contributed by atoms with Gasteiger partial charge in [0.25, 0.3) is 0 Å². The number of rotatable bonds is 5. The van der Waals surface area contributed by atoms with Gasteiger partial charge in [-0.3, -0.25) is 0 Å². The van der Waals surface area contributed by atoms with Crippen molar-refractivity contribution in [2.24, 2.45) is 0 Å². The molecular formula is C6H15BS. The molecule has 0 aliphatic rings. The summed E-state index contributed by atoms with van der Waals surface area (Å²) in [7, 11) is 2.24. The minimum absolute atomic E-state index is 1.33. The van der Waals surface area contributed by atoms with Crippen LogP contribution in [0.25, 0.3) is 0 Å². The van der Waals surface area contributed by atoms with Crippen molar-refractivity contribution in [3.8, 4) is 0 Å². The molecule has 0 saturated carbocycles. The summed E-state index contributed by atoms with van der Waals surface area (Å²) in [4.78, 5) is 0. The van der Waals surface area contributed by atoms with E-state index < -0.39 is 0 Å². The molecule has 0 radical (unpaired) electrons. The normalized spacial score (nSPS) is 9.62. The van der Waals surface area contributed by atoms with Gasteiger partial charge in [-0.25, -0.2) is 0 Å². The molecule has 0 amide bonds. The third-order valence-electron chi connectivity index (χ3n) is 0.991. The minimum Gasteiger partial charge on any atom is -0.162 e. The van der Waals surface area contributed by atoms with E-state index in [1.165, 1.54) is 30.7 Å². The summed E-state index contributed by atoms with van der Waals surface area (Å²) in [5.41, 5.74) is 0. The minimum atomic E-state index is 1.33. The van der Waals surface area contributed by atoms with Crippen molar-refractivity contribution in [1.29, 1.82) is 0 Å². The molecule has 0 aliphatic heterocycles. The highest BCUT2D eigenvalue weighted by molar-refractivity contribution is 7.99. The molecule has 0 N–H and O–H groups in total. The van der Waals surface area contributed by atoms with Crippen LogP contribution in [-0.2, 0) is 0 Å². The van der Waals surface area contributed by atoms with Gasteiger partial charge < -0.3 is 0 Å². The van der Waals surface area contributed by atoms with Gasteiger partial charge in [0.05, 0.1) is 0 Å². The summed E-state index contributed by atoms with van der Waals surface area (Å²) < 4.78 is 0. The highest BCUT2D eigenvalue weighted by atomic mass is 32.2. The molecule has 0 aromatic heterocycles. The molecule has 0 aromatic carbocycles. The first-order chi connectivity index (χ1) is 3.91. The zero-order valence-electron chi connectivity index (χ0n) is 5.94. The van der Waals surface area contributed by atoms with E-state index in [1.54, 1.807) is 0 Å². The van der Waals surface area contributed by atoms with Gasteiger partial charge in [-0.05, 0) is 17.9 Å². The summed E-state index contributed by atoms with van der Waals surface area (Å²) in [6.07, 6.45) is 4.07. The van der Waals surface area contributed by atoms with Crippen LogP contribution < -0.4 is 0 Å². The first-order valence-corrected chi connectivity index (χ1v) is 4.65. The third kappa shape index (κ3) is 6.41. The van der Waals surface area contributed by atoms with E-state index in [1.807, 2.05) is 0 Å². The van der Waals surface area contributed by atoms with Gasteiger partial charge >= 0.3 is 0 Å². The second-order valence-corrected chi connectivity index (χ2v) is 3.19. The Balaban J connectivity index is 2.53. The largest absolute Gasteiger partial charge is 0.162 e. The maximum atomic E-state index is 2.24. The maximum absolute atomic E-state index is 2.24. The fourth-order valence-corrected chi connectivity index (χ4v) is 1.48. The van der Waals surface area contributed by atoms with Gasteiger partial charge in [0, 0.05) is 0 Å². The van der Waals surface area contributed by atoms with Crippen LogP contribution in [0.3, 0.4) is 0 Å². The van der Waals surface area contributed by atoms with E-state index in [-0.39, 0.29) is 0 Å². The molecule has 0 saturated heterocycles. The summed E-state index contributed by atoms with van der Waals surface area (Å²) in [6, 6.07) is 0. The van der Waals surface area contributed by atoms with Gasteiger partial charge in [0.1, 0.15) is 7.85 Å². The lowest BCUT2D eigenvalue weighted by atomic mass is 10.0. The molecule has 0 bridgehead atoms. The van der Waals surface area contributed by atoms with E-state index in [2.05, 4.69) is 26.5 Å². The van der Waals surface area contributed by atoms with Crippen molar-refractivity contribution in [3.05, 3.63) is 0 Å². The molecule has 0 aromatic rings. The lowest BCUT2D eigenvalue weighted by Crippen LogP contribution is -1.80. The van der Waals surface area contributed by atoms with Crippen molar-refractivity contribution in [2.75, 3.05) is 11.5 Å². The van der Waals surface area contributed by atoms with Crippen LogP contribution in [-0.4, -0.2) is 19.4 Å². The fourth-order valence-electron chi connectivity index (χ4n) is 0.493. The van der Waals surface area contributed by atoms with Crippen LogP contribution in [0.5, 0.6) is 0 Å². The molecule has 0 spiro atoms. The van der Waals surface area contributed by atoms with E-state index in [4.69, 9.17) is 0 Å². The Morgan fingerprint density at radius 2 is 2.12 bits per heavy atom. The van der Waals surface area contributed by atoms with Gasteiger partial charge in [-0.15, -0.1) is 0 Å². The van der Waals surface area contributed by atoms with Crippen molar-refractivity contribution >= 4 is 19.6 Å². The molecule has 0 atom stereocenters. The van der Waals surface area contributed by atoms with Crippen molar-refractivity contribution < 1.29 is 0 Å². The quantitative estimate of drug-likeness (QED) is 0.402. The highest BCUT2D eigenvalue weighted by Crippen LogP contribution is 2.04. The van der Waals surface area contributed by atoms with Gasteiger partial charge in [-0.2, -0.15) is 11.8 Å². The monoisotopic (exact) mass is 130 g/mol. The van der Waals surface area contributed by atoms with Crippen molar-refractivity contribution in [2.45, 2.75) is 26.1 Å². The van der Waals surface area contributed by atoms with E-state index in [0.29, 0.717) is 0 Å². The Bertz CT molecular complexity index is 33.5. The van der Waals surface area contributed by atoms with Gasteiger partial charge in [0.2, 0.25) is 0 Å². The summed E-state index contributed by atoms with van der Waals surface area (Å²) in [5.74, 6) is 2.71. The van der Waals surface area contributed by atoms with Crippen LogP contribution in [0.2, 0.25) is 6.32 Å². The fraction of sp³-hybridized carbons (Fsp3) is 1.00.